The van der Waals surface area contributed by atoms with Gasteiger partial charge in [0.1, 0.15) is 10.7 Å². The second-order valence-electron chi connectivity index (χ2n) is 7.92. The van der Waals surface area contributed by atoms with Gasteiger partial charge in [-0.15, -0.1) is 0 Å². The van der Waals surface area contributed by atoms with Crippen molar-refractivity contribution in [3.63, 3.8) is 0 Å². The van der Waals surface area contributed by atoms with E-state index in [0.29, 0.717) is 24.3 Å². The molecule has 2 amide bonds. The number of nitrogens with zero attached hydrogens (tertiary/aromatic N) is 2. The summed E-state index contributed by atoms with van der Waals surface area (Å²) in [5.41, 5.74) is 0.898. The van der Waals surface area contributed by atoms with Gasteiger partial charge in [-0.05, 0) is 43.3 Å². The van der Waals surface area contributed by atoms with Crippen LogP contribution < -0.4 is 9.80 Å². The largest absolute Gasteiger partial charge is 0.322 e. The van der Waals surface area contributed by atoms with E-state index in [4.69, 9.17) is 0 Å². The number of amides is 2. The van der Waals surface area contributed by atoms with Crippen molar-refractivity contribution < 1.29 is 32.1 Å². The summed E-state index contributed by atoms with van der Waals surface area (Å²) >= 11 is 0. The number of benzene rings is 2. The zero-order valence-corrected chi connectivity index (χ0v) is 18.3. The fraction of sp³-hybridized carbons (Fsp3) is 0.318. The van der Waals surface area contributed by atoms with E-state index in [1.54, 1.807) is 24.3 Å². The van der Waals surface area contributed by atoms with Crippen LogP contribution in [0.2, 0.25) is 0 Å². The molecule has 0 saturated carbocycles. The highest BCUT2D eigenvalue weighted by molar-refractivity contribution is 7.89. The maximum absolute atomic E-state index is 14.0. The molecule has 2 heterocycles. The Morgan fingerprint density at radius 1 is 1.03 bits per heavy atom. The second kappa shape index (κ2) is 8.53. The molecule has 0 unspecified atom stereocenters. The number of sulfonamides is 1. The monoisotopic (exact) mass is 460 g/mol. The Bertz CT molecular complexity index is 1170. The fourth-order valence-electron chi connectivity index (χ4n) is 4.22. The summed E-state index contributed by atoms with van der Waals surface area (Å²) in [7, 11) is -3.97. The Labute approximate surface area is 185 Å². The van der Waals surface area contributed by atoms with Crippen molar-refractivity contribution in [3.05, 3.63) is 59.9 Å². The van der Waals surface area contributed by atoms with Crippen LogP contribution >= 0.6 is 0 Å². The van der Waals surface area contributed by atoms with Crippen molar-refractivity contribution in [2.45, 2.75) is 24.3 Å². The third-order valence-corrected chi connectivity index (χ3v) is 7.92. The molecule has 0 spiro atoms. The van der Waals surface area contributed by atoms with Gasteiger partial charge in [-0.2, -0.15) is 4.31 Å². The number of nitrogens with one attached hydrogen (secondary N) is 1. The standard InChI is InChI=1S/C22H22FN3O5S/c1-15(27)16-6-8-17(9-7-16)26-21(28)14-19(22(26)29)24-10-12-25(13-11-24)32(30,31)20-5-3-2-4-18(20)23/h2-9,19H,10-14H2,1H3/p+1/t19-/m0/s1. The number of halogens is 1. The zero-order chi connectivity index (χ0) is 23.0. The molecule has 2 fully saturated rings. The van der Waals surface area contributed by atoms with E-state index < -0.39 is 21.9 Å². The van der Waals surface area contributed by atoms with Gasteiger partial charge in [0.25, 0.3) is 5.91 Å². The number of anilines is 1. The lowest BCUT2D eigenvalue weighted by Gasteiger charge is -2.33. The SMILES string of the molecule is CC(=O)c1ccc(N2C(=O)C[C@H]([NH+]3CCN(S(=O)(=O)c4ccccc4F)CC3)C2=O)cc1. The summed E-state index contributed by atoms with van der Waals surface area (Å²) in [6.07, 6.45) is 0.0304. The second-order valence-corrected chi connectivity index (χ2v) is 9.83. The molecule has 32 heavy (non-hydrogen) atoms. The number of piperazine rings is 1. The quantitative estimate of drug-likeness (QED) is 0.510. The first-order valence-corrected chi connectivity index (χ1v) is 11.7. The Hall–Kier alpha value is -2.95. The van der Waals surface area contributed by atoms with Gasteiger partial charge in [0, 0.05) is 5.56 Å². The van der Waals surface area contributed by atoms with Gasteiger partial charge in [0.15, 0.2) is 11.8 Å². The highest BCUT2D eigenvalue weighted by atomic mass is 32.2. The minimum atomic E-state index is -3.97. The first kappa shape index (κ1) is 22.3. The fourth-order valence-corrected chi connectivity index (χ4v) is 5.73. The molecule has 0 aliphatic carbocycles. The zero-order valence-electron chi connectivity index (χ0n) is 17.5. The average Bonchev–Trinajstić information content (AvgIpc) is 3.08. The van der Waals surface area contributed by atoms with Crippen LogP contribution in [-0.4, -0.2) is 62.5 Å². The molecule has 10 heteroatoms. The van der Waals surface area contributed by atoms with Crippen LogP contribution in [0.15, 0.2) is 53.4 Å². The molecule has 2 aromatic carbocycles. The van der Waals surface area contributed by atoms with Crippen LogP contribution in [-0.2, 0) is 19.6 Å². The number of rotatable bonds is 5. The molecular weight excluding hydrogens is 437 g/mol. The summed E-state index contributed by atoms with van der Waals surface area (Å²) in [5.74, 6) is -1.58. The first-order chi connectivity index (χ1) is 15.2. The molecular formula is C22H23FN3O5S+. The number of Topliss-reactive ketones (excluding diaryl/α,β-unsaturated/α-hetero) is 1. The molecule has 0 bridgehead atoms. The Morgan fingerprint density at radius 3 is 2.25 bits per heavy atom. The minimum Gasteiger partial charge on any atom is -0.322 e. The van der Waals surface area contributed by atoms with Crippen LogP contribution in [0.4, 0.5) is 10.1 Å². The van der Waals surface area contributed by atoms with Crippen molar-refractivity contribution in [3.8, 4) is 0 Å². The lowest BCUT2D eigenvalue weighted by atomic mass is 10.1. The van der Waals surface area contributed by atoms with Gasteiger partial charge in [0.2, 0.25) is 15.9 Å². The van der Waals surface area contributed by atoms with Gasteiger partial charge in [-0.25, -0.2) is 17.7 Å². The number of imide groups is 1. The van der Waals surface area contributed by atoms with Gasteiger partial charge in [-0.3, -0.25) is 14.4 Å². The molecule has 1 N–H and O–H groups in total. The molecule has 2 aromatic rings. The third kappa shape index (κ3) is 3.96. The lowest BCUT2D eigenvalue weighted by molar-refractivity contribution is -0.918. The van der Waals surface area contributed by atoms with Gasteiger partial charge in [0.05, 0.1) is 38.3 Å². The Kier molecular flexibility index (Phi) is 5.93. The first-order valence-electron chi connectivity index (χ1n) is 10.3. The van der Waals surface area contributed by atoms with Crippen molar-refractivity contribution >= 4 is 33.3 Å². The van der Waals surface area contributed by atoms with Crippen LogP contribution in [0.3, 0.4) is 0 Å². The maximum atomic E-state index is 14.0. The van der Waals surface area contributed by atoms with Gasteiger partial charge < -0.3 is 4.90 Å². The Balaban J connectivity index is 1.45. The van der Waals surface area contributed by atoms with Gasteiger partial charge in [-0.1, -0.05) is 12.1 Å². The van der Waals surface area contributed by atoms with Crippen molar-refractivity contribution in [1.82, 2.24) is 4.31 Å². The number of ketones is 1. The molecule has 0 aromatic heterocycles. The number of carbonyl (C=O) groups excluding carboxylic acids is 3. The van der Waals surface area contributed by atoms with Crippen LogP contribution in [0.1, 0.15) is 23.7 Å². The van der Waals surface area contributed by atoms with Crippen LogP contribution in [0.5, 0.6) is 0 Å². The molecule has 2 aliphatic heterocycles. The van der Waals surface area contributed by atoms with E-state index in [9.17, 15) is 27.2 Å². The summed E-state index contributed by atoms with van der Waals surface area (Å²) in [6, 6.07) is 10.9. The van der Waals surface area contributed by atoms with E-state index in [2.05, 4.69) is 0 Å². The van der Waals surface area contributed by atoms with Crippen LogP contribution in [0, 0.1) is 5.82 Å². The average molecular weight is 461 g/mol. The minimum absolute atomic E-state index is 0.0304. The van der Waals surface area contributed by atoms with E-state index >= 15 is 0 Å². The third-order valence-electron chi connectivity index (χ3n) is 5.99. The van der Waals surface area contributed by atoms with Gasteiger partial charge >= 0.3 is 0 Å². The van der Waals surface area contributed by atoms with Crippen molar-refractivity contribution in [1.29, 1.82) is 0 Å². The lowest BCUT2D eigenvalue weighted by Crippen LogP contribution is -3.19. The number of hydrogen-bond acceptors (Lipinski definition) is 5. The number of hydrogen-bond donors (Lipinski definition) is 1. The Morgan fingerprint density at radius 2 is 1.66 bits per heavy atom. The van der Waals surface area contributed by atoms with E-state index in [1.165, 1.54) is 29.4 Å². The van der Waals surface area contributed by atoms with Crippen molar-refractivity contribution in [2.24, 2.45) is 0 Å². The highest BCUT2D eigenvalue weighted by Crippen LogP contribution is 2.23. The highest BCUT2D eigenvalue weighted by Gasteiger charge is 2.47. The predicted molar refractivity (Wildman–Crippen MR) is 113 cm³/mol. The maximum Gasteiger partial charge on any atom is 0.292 e. The number of carbonyl (C=O) groups is 3. The summed E-state index contributed by atoms with van der Waals surface area (Å²) in [5, 5.41) is 0. The topological polar surface area (TPSA) is 96.3 Å². The molecule has 2 aliphatic rings. The summed E-state index contributed by atoms with van der Waals surface area (Å²) < 4.78 is 40.8. The number of quaternary nitrogens is 1. The molecule has 168 valence electrons. The molecule has 4 rings (SSSR count). The molecule has 0 radical (unpaired) electrons. The molecule has 8 nitrogen and oxygen atoms in total. The summed E-state index contributed by atoms with van der Waals surface area (Å²) in [6.45, 7) is 2.34. The van der Waals surface area contributed by atoms with E-state index in [1.807, 2.05) is 0 Å². The predicted octanol–water partition coefficient (Wildman–Crippen LogP) is 0.250. The normalized spacial score (nSPS) is 20.7. The van der Waals surface area contributed by atoms with Crippen LogP contribution in [0.25, 0.3) is 0 Å². The smallest absolute Gasteiger partial charge is 0.292 e. The molecule has 1 atom stereocenters. The molecule has 2 saturated heterocycles. The van der Waals surface area contributed by atoms with Crippen molar-refractivity contribution in [2.75, 3.05) is 31.1 Å². The van der Waals surface area contributed by atoms with E-state index in [0.717, 1.165) is 15.9 Å². The van der Waals surface area contributed by atoms with E-state index in [-0.39, 0.29) is 42.0 Å². The summed E-state index contributed by atoms with van der Waals surface area (Å²) in [4.78, 5) is 38.6.